The van der Waals surface area contributed by atoms with Gasteiger partial charge in [0.25, 0.3) is 5.91 Å². The zero-order chi connectivity index (χ0) is 14.3. The number of likely N-dealkylation sites (tertiary alicyclic amines) is 1. The molecule has 0 aromatic heterocycles. The zero-order valence-corrected chi connectivity index (χ0v) is 12.2. The molecule has 2 fully saturated rings. The van der Waals surface area contributed by atoms with E-state index in [1.54, 1.807) is 12.1 Å². The molecular weight excluding hydrogens is 252 g/mol. The summed E-state index contributed by atoms with van der Waals surface area (Å²) in [6.07, 6.45) is 3.45. The number of fused-ring (bicyclic) bond motifs is 2. The largest absolute Gasteiger partial charge is 0.507 e. The Morgan fingerprint density at radius 1 is 1.25 bits per heavy atom. The molecule has 1 amide bonds. The van der Waals surface area contributed by atoms with E-state index in [0.29, 0.717) is 17.6 Å². The number of hydrogen-bond donors (Lipinski definition) is 1. The summed E-state index contributed by atoms with van der Waals surface area (Å²) in [6, 6.07) is 6.30. The molecule has 1 aromatic carbocycles. The second kappa shape index (κ2) is 5.09. The van der Waals surface area contributed by atoms with Crippen LogP contribution in [0.5, 0.6) is 5.75 Å². The van der Waals surface area contributed by atoms with E-state index in [2.05, 4.69) is 11.9 Å². The van der Waals surface area contributed by atoms with Crippen LogP contribution >= 0.6 is 0 Å². The summed E-state index contributed by atoms with van der Waals surface area (Å²) < 4.78 is 0. The van der Waals surface area contributed by atoms with Gasteiger partial charge in [-0.3, -0.25) is 9.69 Å². The fourth-order valence-corrected chi connectivity index (χ4v) is 3.48. The highest BCUT2D eigenvalue weighted by molar-refractivity contribution is 5.97. The maximum Gasteiger partial charge on any atom is 0.257 e. The first-order chi connectivity index (χ1) is 9.56. The van der Waals surface area contributed by atoms with E-state index in [1.165, 1.54) is 12.8 Å². The van der Waals surface area contributed by atoms with Crippen molar-refractivity contribution in [2.75, 3.05) is 20.1 Å². The first-order valence-electron chi connectivity index (χ1n) is 7.37. The molecule has 3 rings (SSSR count). The van der Waals surface area contributed by atoms with Gasteiger partial charge < -0.3 is 10.0 Å². The summed E-state index contributed by atoms with van der Waals surface area (Å²) in [5.74, 6) is 0.0514. The van der Waals surface area contributed by atoms with Gasteiger partial charge in [0.2, 0.25) is 0 Å². The molecule has 20 heavy (non-hydrogen) atoms. The van der Waals surface area contributed by atoms with Gasteiger partial charge in [-0.1, -0.05) is 11.6 Å². The summed E-state index contributed by atoms with van der Waals surface area (Å²) in [5.41, 5.74) is 1.44. The molecule has 2 aliphatic rings. The van der Waals surface area contributed by atoms with Crippen molar-refractivity contribution in [3.05, 3.63) is 29.3 Å². The molecule has 0 spiro atoms. The smallest absolute Gasteiger partial charge is 0.257 e. The number of phenolic OH excluding ortho intramolecular Hbond substituents is 1. The number of hydrogen-bond acceptors (Lipinski definition) is 3. The van der Waals surface area contributed by atoms with Gasteiger partial charge in [-0.25, -0.2) is 0 Å². The van der Waals surface area contributed by atoms with E-state index in [9.17, 15) is 9.90 Å². The lowest BCUT2D eigenvalue weighted by atomic mass is 10.1. The minimum absolute atomic E-state index is 0.0350. The molecule has 4 nitrogen and oxygen atoms in total. The molecule has 2 heterocycles. The van der Waals surface area contributed by atoms with Crippen molar-refractivity contribution in [3.63, 3.8) is 0 Å². The number of benzene rings is 1. The fourth-order valence-electron chi connectivity index (χ4n) is 3.48. The highest BCUT2D eigenvalue weighted by Gasteiger charge is 2.36. The Kier molecular flexibility index (Phi) is 3.42. The molecule has 2 unspecified atom stereocenters. The number of aromatic hydroxyl groups is 1. The molecule has 2 saturated heterocycles. The van der Waals surface area contributed by atoms with Crippen LogP contribution in [0.1, 0.15) is 35.2 Å². The Hall–Kier alpha value is -1.55. The van der Waals surface area contributed by atoms with Crippen LogP contribution in [0.2, 0.25) is 0 Å². The standard InChI is InChI=1S/C16H22N2O2/c1-11-3-6-15(19)14(9-11)16(20)18-8-7-12-4-5-13(10-18)17(12)2/h3,6,9,12-13,19H,4-5,7-8,10H2,1-2H3. The van der Waals surface area contributed by atoms with Gasteiger partial charge in [0.05, 0.1) is 5.56 Å². The molecule has 2 atom stereocenters. The Labute approximate surface area is 120 Å². The molecule has 2 aliphatic heterocycles. The number of carbonyl (C=O) groups is 1. The number of rotatable bonds is 1. The second-order valence-corrected chi connectivity index (χ2v) is 6.11. The number of amides is 1. The summed E-state index contributed by atoms with van der Waals surface area (Å²) in [4.78, 5) is 17.0. The van der Waals surface area contributed by atoms with Gasteiger partial charge in [0.1, 0.15) is 5.75 Å². The first-order valence-corrected chi connectivity index (χ1v) is 7.37. The Morgan fingerprint density at radius 3 is 2.80 bits per heavy atom. The SMILES string of the molecule is Cc1ccc(O)c(C(=O)N2CCC3CCC(C2)N3C)c1. The third-order valence-corrected chi connectivity index (χ3v) is 4.82. The van der Waals surface area contributed by atoms with Crippen LogP contribution in [0.4, 0.5) is 0 Å². The van der Waals surface area contributed by atoms with Crippen molar-refractivity contribution in [2.24, 2.45) is 0 Å². The molecular formula is C16H22N2O2. The molecule has 2 bridgehead atoms. The molecule has 0 saturated carbocycles. The highest BCUT2D eigenvalue weighted by Crippen LogP contribution is 2.30. The predicted molar refractivity (Wildman–Crippen MR) is 77.9 cm³/mol. The summed E-state index contributed by atoms with van der Waals surface area (Å²) in [7, 11) is 2.17. The molecule has 1 aromatic rings. The van der Waals surface area contributed by atoms with E-state index in [4.69, 9.17) is 0 Å². The van der Waals surface area contributed by atoms with E-state index >= 15 is 0 Å². The fraction of sp³-hybridized carbons (Fsp3) is 0.562. The normalized spacial score (nSPS) is 26.6. The van der Waals surface area contributed by atoms with Crippen LogP contribution in [-0.2, 0) is 0 Å². The summed E-state index contributed by atoms with van der Waals surface area (Å²) in [6.45, 7) is 3.51. The lowest BCUT2D eigenvalue weighted by Gasteiger charge is -2.26. The molecule has 0 radical (unpaired) electrons. The van der Waals surface area contributed by atoms with Crippen LogP contribution < -0.4 is 0 Å². The van der Waals surface area contributed by atoms with Crippen molar-refractivity contribution in [1.29, 1.82) is 0 Å². The van der Waals surface area contributed by atoms with E-state index in [0.717, 1.165) is 25.1 Å². The minimum atomic E-state index is -0.0350. The third kappa shape index (κ3) is 2.29. The predicted octanol–water partition coefficient (Wildman–Crippen LogP) is 2.01. The lowest BCUT2D eigenvalue weighted by molar-refractivity contribution is 0.0737. The van der Waals surface area contributed by atoms with Crippen LogP contribution in [0.3, 0.4) is 0 Å². The van der Waals surface area contributed by atoms with E-state index in [1.807, 2.05) is 17.9 Å². The Balaban J connectivity index is 1.82. The Bertz CT molecular complexity index is 529. The van der Waals surface area contributed by atoms with Crippen molar-refractivity contribution in [1.82, 2.24) is 9.80 Å². The molecule has 4 heteroatoms. The van der Waals surface area contributed by atoms with Crippen molar-refractivity contribution in [3.8, 4) is 5.75 Å². The van der Waals surface area contributed by atoms with Crippen molar-refractivity contribution < 1.29 is 9.90 Å². The van der Waals surface area contributed by atoms with E-state index in [-0.39, 0.29) is 11.7 Å². The zero-order valence-electron chi connectivity index (χ0n) is 12.2. The number of nitrogens with zero attached hydrogens (tertiary/aromatic N) is 2. The van der Waals surface area contributed by atoms with Crippen molar-refractivity contribution >= 4 is 5.91 Å². The van der Waals surface area contributed by atoms with Crippen LogP contribution in [0.25, 0.3) is 0 Å². The number of aryl methyl sites for hydroxylation is 1. The van der Waals surface area contributed by atoms with Gasteiger partial charge in [-0.15, -0.1) is 0 Å². The van der Waals surface area contributed by atoms with Crippen LogP contribution in [-0.4, -0.2) is 53.0 Å². The van der Waals surface area contributed by atoms with Gasteiger partial charge >= 0.3 is 0 Å². The Morgan fingerprint density at radius 2 is 2.00 bits per heavy atom. The first kappa shape index (κ1) is 13.4. The lowest BCUT2D eigenvalue weighted by Crippen LogP contribution is -2.39. The number of likely N-dealkylation sites (N-methyl/N-ethyl adjacent to an activating group) is 1. The number of phenols is 1. The van der Waals surface area contributed by atoms with Gasteiger partial charge in [-0.05, 0) is 45.4 Å². The minimum Gasteiger partial charge on any atom is -0.507 e. The quantitative estimate of drug-likeness (QED) is 0.852. The molecule has 1 N–H and O–H groups in total. The number of carbonyl (C=O) groups excluding carboxylic acids is 1. The molecule has 0 aliphatic carbocycles. The summed E-state index contributed by atoms with van der Waals surface area (Å²) >= 11 is 0. The van der Waals surface area contributed by atoms with Gasteiger partial charge in [0, 0.05) is 25.2 Å². The molecule has 108 valence electrons. The summed E-state index contributed by atoms with van der Waals surface area (Å²) in [5, 5.41) is 9.93. The topological polar surface area (TPSA) is 43.8 Å². The monoisotopic (exact) mass is 274 g/mol. The van der Waals surface area contributed by atoms with Crippen LogP contribution in [0, 0.1) is 6.92 Å². The highest BCUT2D eigenvalue weighted by atomic mass is 16.3. The van der Waals surface area contributed by atoms with E-state index < -0.39 is 0 Å². The van der Waals surface area contributed by atoms with Crippen molar-refractivity contribution in [2.45, 2.75) is 38.3 Å². The van der Waals surface area contributed by atoms with Gasteiger partial charge in [-0.2, -0.15) is 0 Å². The third-order valence-electron chi connectivity index (χ3n) is 4.82. The van der Waals surface area contributed by atoms with Crippen LogP contribution in [0.15, 0.2) is 18.2 Å². The average molecular weight is 274 g/mol. The maximum absolute atomic E-state index is 12.7. The van der Waals surface area contributed by atoms with Gasteiger partial charge in [0.15, 0.2) is 0 Å². The second-order valence-electron chi connectivity index (χ2n) is 6.11. The average Bonchev–Trinajstić information content (AvgIpc) is 2.65. The maximum atomic E-state index is 12.7.